The quantitative estimate of drug-likeness (QED) is 0.763. The number of carbonyl (C=O) groups is 1. The average Bonchev–Trinajstić information content (AvgIpc) is 2.39. The van der Waals surface area contributed by atoms with Gasteiger partial charge in [0.15, 0.2) is 0 Å². The molecule has 4 nitrogen and oxygen atoms in total. The Morgan fingerprint density at radius 1 is 1.30 bits per heavy atom. The van der Waals surface area contributed by atoms with Crippen LogP contribution in [-0.2, 0) is 0 Å². The molecule has 0 aliphatic carbocycles. The van der Waals surface area contributed by atoms with Gasteiger partial charge in [-0.25, -0.2) is 4.79 Å². The maximum Gasteiger partial charge on any atom is 0.319 e. The van der Waals surface area contributed by atoms with E-state index in [9.17, 15) is 4.79 Å². The van der Waals surface area contributed by atoms with Crippen molar-refractivity contribution in [3.8, 4) is 0 Å². The molecule has 112 valence electrons. The van der Waals surface area contributed by atoms with Crippen LogP contribution in [0.15, 0.2) is 22.7 Å². The van der Waals surface area contributed by atoms with Gasteiger partial charge in [0.05, 0.1) is 0 Å². The van der Waals surface area contributed by atoms with Crippen molar-refractivity contribution in [3.05, 3.63) is 28.2 Å². The molecule has 1 aromatic carbocycles. The third kappa shape index (κ3) is 4.80. The molecule has 0 aliphatic rings. The maximum atomic E-state index is 12.0. The Kier molecular flexibility index (Phi) is 6.49. The Hall–Kier alpha value is -1.07. The van der Waals surface area contributed by atoms with E-state index in [0.29, 0.717) is 5.92 Å². The smallest absolute Gasteiger partial charge is 0.319 e. The fraction of sp³-hybridized carbons (Fsp3) is 0.533. The first-order valence-corrected chi connectivity index (χ1v) is 7.62. The standard InChI is InChI=1S/C15H23BrN2O2/c1-9(2)13-7-12(16)5-6-14(13)18-15(20)17-11(4)10(3)8-19/h5-7,9-11,19H,8H2,1-4H3,(H2,17,18,20). The monoisotopic (exact) mass is 342 g/mol. The number of carbonyl (C=O) groups excluding carboxylic acids is 1. The Morgan fingerprint density at radius 3 is 2.50 bits per heavy atom. The first-order chi connectivity index (χ1) is 9.35. The van der Waals surface area contributed by atoms with Gasteiger partial charge in [-0.05, 0) is 42.5 Å². The SMILES string of the molecule is CC(C)c1cc(Br)ccc1NC(=O)NC(C)C(C)CO. The van der Waals surface area contributed by atoms with Crippen LogP contribution in [0.5, 0.6) is 0 Å². The Morgan fingerprint density at radius 2 is 1.95 bits per heavy atom. The van der Waals surface area contributed by atoms with Gasteiger partial charge in [-0.3, -0.25) is 0 Å². The van der Waals surface area contributed by atoms with Crippen molar-refractivity contribution in [1.29, 1.82) is 0 Å². The number of urea groups is 1. The summed E-state index contributed by atoms with van der Waals surface area (Å²) in [5.41, 5.74) is 1.89. The summed E-state index contributed by atoms with van der Waals surface area (Å²) in [6, 6.07) is 5.47. The molecule has 1 rings (SSSR count). The lowest BCUT2D eigenvalue weighted by Gasteiger charge is -2.21. The van der Waals surface area contributed by atoms with Crippen LogP contribution in [0.25, 0.3) is 0 Å². The summed E-state index contributed by atoms with van der Waals surface area (Å²) in [7, 11) is 0. The number of hydrogen-bond acceptors (Lipinski definition) is 2. The highest BCUT2D eigenvalue weighted by molar-refractivity contribution is 9.10. The largest absolute Gasteiger partial charge is 0.396 e. The van der Waals surface area contributed by atoms with Crippen LogP contribution in [-0.4, -0.2) is 23.8 Å². The number of rotatable bonds is 5. The van der Waals surface area contributed by atoms with E-state index >= 15 is 0 Å². The van der Waals surface area contributed by atoms with E-state index in [1.807, 2.05) is 32.0 Å². The van der Waals surface area contributed by atoms with E-state index in [2.05, 4.69) is 40.4 Å². The molecule has 0 heterocycles. The Bertz CT molecular complexity index is 463. The fourth-order valence-corrected chi connectivity index (χ4v) is 2.17. The number of benzene rings is 1. The number of aliphatic hydroxyl groups is 1. The first-order valence-electron chi connectivity index (χ1n) is 6.83. The van der Waals surface area contributed by atoms with Crippen molar-refractivity contribution >= 4 is 27.6 Å². The van der Waals surface area contributed by atoms with E-state index in [4.69, 9.17) is 5.11 Å². The van der Waals surface area contributed by atoms with Crippen molar-refractivity contribution in [2.75, 3.05) is 11.9 Å². The molecule has 2 amide bonds. The molecule has 2 unspecified atom stereocenters. The summed E-state index contributed by atoms with van der Waals surface area (Å²) in [6.45, 7) is 8.00. The molecule has 5 heteroatoms. The molecule has 0 radical (unpaired) electrons. The highest BCUT2D eigenvalue weighted by atomic mass is 79.9. The predicted molar refractivity (Wildman–Crippen MR) is 86.1 cm³/mol. The number of nitrogens with one attached hydrogen (secondary N) is 2. The van der Waals surface area contributed by atoms with Gasteiger partial charge >= 0.3 is 6.03 Å². The van der Waals surface area contributed by atoms with Gasteiger partial charge in [0, 0.05) is 22.8 Å². The van der Waals surface area contributed by atoms with Gasteiger partial charge < -0.3 is 15.7 Å². The number of hydrogen-bond donors (Lipinski definition) is 3. The average molecular weight is 343 g/mol. The minimum absolute atomic E-state index is 0.0234. The van der Waals surface area contributed by atoms with Crippen LogP contribution < -0.4 is 10.6 Å². The lowest BCUT2D eigenvalue weighted by molar-refractivity contribution is 0.204. The molecule has 0 spiro atoms. The van der Waals surface area contributed by atoms with E-state index < -0.39 is 0 Å². The number of amides is 2. The van der Waals surface area contributed by atoms with Crippen molar-refractivity contribution in [1.82, 2.24) is 5.32 Å². The van der Waals surface area contributed by atoms with Gasteiger partial charge in [-0.1, -0.05) is 36.7 Å². The van der Waals surface area contributed by atoms with Crippen LogP contribution in [0.4, 0.5) is 10.5 Å². The van der Waals surface area contributed by atoms with Crippen LogP contribution in [0.2, 0.25) is 0 Å². The van der Waals surface area contributed by atoms with Crippen LogP contribution in [0, 0.1) is 5.92 Å². The highest BCUT2D eigenvalue weighted by Gasteiger charge is 2.15. The summed E-state index contributed by atoms with van der Waals surface area (Å²) < 4.78 is 0.995. The van der Waals surface area contributed by atoms with Gasteiger partial charge in [-0.15, -0.1) is 0 Å². The molecule has 3 N–H and O–H groups in total. The van der Waals surface area contributed by atoms with Crippen molar-refractivity contribution < 1.29 is 9.90 Å². The molecule has 0 fully saturated rings. The number of anilines is 1. The molecule has 0 saturated carbocycles. The van der Waals surface area contributed by atoms with Gasteiger partial charge in [0.25, 0.3) is 0 Å². The summed E-state index contributed by atoms with van der Waals surface area (Å²) in [5.74, 6) is 0.340. The van der Waals surface area contributed by atoms with E-state index in [0.717, 1.165) is 15.7 Å². The molecule has 0 bridgehead atoms. The second-order valence-electron chi connectivity index (χ2n) is 5.43. The molecule has 2 atom stereocenters. The first kappa shape index (κ1) is 17.0. The van der Waals surface area contributed by atoms with Crippen molar-refractivity contribution in [2.45, 2.75) is 39.7 Å². The van der Waals surface area contributed by atoms with Crippen LogP contribution in [0.1, 0.15) is 39.2 Å². The van der Waals surface area contributed by atoms with E-state index in [-0.39, 0.29) is 24.6 Å². The molecular formula is C15H23BrN2O2. The lowest BCUT2D eigenvalue weighted by atomic mass is 10.0. The van der Waals surface area contributed by atoms with Gasteiger partial charge in [-0.2, -0.15) is 0 Å². The third-order valence-electron chi connectivity index (χ3n) is 3.38. The number of halogens is 1. The zero-order valence-corrected chi connectivity index (χ0v) is 14.0. The molecule has 0 aromatic heterocycles. The highest BCUT2D eigenvalue weighted by Crippen LogP contribution is 2.27. The van der Waals surface area contributed by atoms with Gasteiger partial charge in [0.2, 0.25) is 0 Å². The molecular weight excluding hydrogens is 320 g/mol. The molecule has 1 aromatic rings. The summed E-state index contributed by atoms with van der Waals surface area (Å²) in [5, 5.41) is 14.8. The third-order valence-corrected chi connectivity index (χ3v) is 3.88. The fourth-order valence-electron chi connectivity index (χ4n) is 1.79. The van der Waals surface area contributed by atoms with E-state index in [1.165, 1.54) is 0 Å². The van der Waals surface area contributed by atoms with Crippen LogP contribution >= 0.6 is 15.9 Å². The predicted octanol–water partition coefficient (Wildman–Crippen LogP) is 3.71. The summed E-state index contributed by atoms with van der Waals surface area (Å²) in [6.07, 6.45) is 0. The minimum atomic E-state index is -0.248. The van der Waals surface area contributed by atoms with E-state index in [1.54, 1.807) is 0 Å². The second-order valence-corrected chi connectivity index (χ2v) is 6.35. The lowest BCUT2D eigenvalue weighted by Crippen LogP contribution is -2.41. The zero-order chi connectivity index (χ0) is 15.3. The van der Waals surface area contributed by atoms with Crippen molar-refractivity contribution in [2.24, 2.45) is 5.92 Å². The summed E-state index contributed by atoms with van der Waals surface area (Å²) >= 11 is 3.44. The van der Waals surface area contributed by atoms with Crippen LogP contribution in [0.3, 0.4) is 0 Å². The second kappa shape index (κ2) is 7.64. The summed E-state index contributed by atoms with van der Waals surface area (Å²) in [4.78, 5) is 12.0. The van der Waals surface area contributed by atoms with Crippen molar-refractivity contribution in [3.63, 3.8) is 0 Å². The maximum absolute atomic E-state index is 12.0. The Balaban J connectivity index is 2.76. The normalized spacial score (nSPS) is 13.9. The van der Waals surface area contributed by atoms with Gasteiger partial charge in [0.1, 0.15) is 0 Å². The Labute approximate surface area is 129 Å². The zero-order valence-electron chi connectivity index (χ0n) is 12.4. The molecule has 0 saturated heterocycles. The molecule has 0 aliphatic heterocycles. The topological polar surface area (TPSA) is 61.4 Å². The molecule has 20 heavy (non-hydrogen) atoms. The number of aliphatic hydroxyl groups excluding tert-OH is 1. The minimum Gasteiger partial charge on any atom is -0.396 e.